The number of nitrogens with zero attached hydrogens (tertiary/aromatic N) is 2. The molecular formula is C28H30Cl2FN3O4S. The first-order valence-corrected chi connectivity index (χ1v) is 14.5. The lowest BCUT2D eigenvalue weighted by atomic mass is 10.1. The minimum atomic E-state index is -4.24. The van der Waals surface area contributed by atoms with E-state index in [1.54, 1.807) is 43.3 Å². The molecule has 2 amide bonds. The number of hydrogen-bond donors (Lipinski definition) is 1. The smallest absolute Gasteiger partial charge is 0.264 e. The predicted octanol–water partition coefficient (Wildman–Crippen LogP) is 5.66. The molecule has 3 rings (SSSR count). The van der Waals surface area contributed by atoms with Gasteiger partial charge in [0.2, 0.25) is 11.8 Å². The van der Waals surface area contributed by atoms with Gasteiger partial charge >= 0.3 is 0 Å². The van der Waals surface area contributed by atoms with Crippen LogP contribution in [0.25, 0.3) is 0 Å². The third-order valence-corrected chi connectivity index (χ3v) is 8.78. The van der Waals surface area contributed by atoms with Gasteiger partial charge in [-0.15, -0.1) is 0 Å². The predicted molar refractivity (Wildman–Crippen MR) is 152 cm³/mol. The van der Waals surface area contributed by atoms with Gasteiger partial charge in [0.1, 0.15) is 18.4 Å². The van der Waals surface area contributed by atoms with Crippen molar-refractivity contribution in [2.24, 2.45) is 0 Å². The molecule has 0 heterocycles. The van der Waals surface area contributed by atoms with Crippen LogP contribution in [0.1, 0.15) is 32.8 Å². The maximum absolute atomic E-state index is 13.9. The first-order valence-electron chi connectivity index (χ1n) is 12.3. The molecule has 0 aliphatic carbocycles. The molecule has 2 unspecified atom stereocenters. The monoisotopic (exact) mass is 593 g/mol. The lowest BCUT2D eigenvalue weighted by Gasteiger charge is -2.32. The lowest BCUT2D eigenvalue weighted by Crippen LogP contribution is -2.52. The Morgan fingerprint density at radius 1 is 0.923 bits per heavy atom. The van der Waals surface area contributed by atoms with E-state index in [9.17, 15) is 22.4 Å². The van der Waals surface area contributed by atoms with Crippen molar-refractivity contribution in [2.45, 2.75) is 50.7 Å². The van der Waals surface area contributed by atoms with Gasteiger partial charge in [0.25, 0.3) is 10.0 Å². The molecule has 0 aliphatic rings. The Bertz CT molecular complexity index is 1390. The number of nitrogens with one attached hydrogen (secondary N) is 1. The highest BCUT2D eigenvalue weighted by Crippen LogP contribution is 2.28. The Hall–Kier alpha value is -3.14. The van der Waals surface area contributed by atoms with Crippen LogP contribution in [0.5, 0.6) is 0 Å². The highest BCUT2D eigenvalue weighted by Gasteiger charge is 2.33. The molecule has 208 valence electrons. The third-order valence-electron chi connectivity index (χ3n) is 6.28. The summed E-state index contributed by atoms with van der Waals surface area (Å²) >= 11 is 12.7. The van der Waals surface area contributed by atoms with Gasteiger partial charge in [0.15, 0.2) is 0 Å². The molecule has 0 saturated heterocycles. The molecule has 7 nitrogen and oxygen atoms in total. The Morgan fingerprint density at radius 3 is 2.08 bits per heavy atom. The molecule has 3 aromatic carbocycles. The van der Waals surface area contributed by atoms with Crippen LogP contribution >= 0.6 is 23.2 Å². The number of hydrogen-bond acceptors (Lipinski definition) is 4. The molecule has 1 N–H and O–H groups in total. The topological polar surface area (TPSA) is 86.8 Å². The molecule has 0 saturated carbocycles. The standard InChI is InChI=1S/C28H30Cl2FN3O4S/c1-4-19(2)32-28(36)20(3)33(17-24-25(29)11-8-12-26(24)30)27(35)18-34(22-15-13-21(31)14-16-22)39(37,38)23-9-6-5-7-10-23/h5-16,19-20H,4,17-18H2,1-3H3,(H,32,36). The molecule has 0 aromatic heterocycles. The molecule has 11 heteroatoms. The number of sulfonamides is 1. The number of rotatable bonds is 11. The third kappa shape index (κ3) is 7.50. The zero-order valence-corrected chi connectivity index (χ0v) is 24.1. The van der Waals surface area contributed by atoms with Crippen molar-refractivity contribution < 1.29 is 22.4 Å². The second-order valence-electron chi connectivity index (χ2n) is 9.02. The van der Waals surface area contributed by atoms with Crippen LogP contribution in [0, 0.1) is 5.82 Å². The van der Waals surface area contributed by atoms with E-state index in [0.29, 0.717) is 22.0 Å². The molecule has 39 heavy (non-hydrogen) atoms. The van der Waals surface area contributed by atoms with Gasteiger partial charge in [-0.1, -0.05) is 54.4 Å². The van der Waals surface area contributed by atoms with Crippen LogP contribution in [0.15, 0.2) is 77.7 Å². The fraction of sp³-hybridized carbons (Fsp3) is 0.286. The average Bonchev–Trinajstić information content (AvgIpc) is 2.92. The Kier molecular flexibility index (Phi) is 10.4. The molecule has 0 spiro atoms. The normalized spacial score (nSPS) is 12.9. The van der Waals surface area contributed by atoms with Crippen LogP contribution < -0.4 is 9.62 Å². The minimum Gasteiger partial charge on any atom is -0.352 e. The summed E-state index contributed by atoms with van der Waals surface area (Å²) in [5.74, 6) is -1.66. The van der Waals surface area contributed by atoms with E-state index in [-0.39, 0.29) is 23.2 Å². The van der Waals surface area contributed by atoms with E-state index in [1.807, 2.05) is 13.8 Å². The molecule has 0 radical (unpaired) electrons. The average molecular weight is 595 g/mol. The number of carbonyl (C=O) groups is 2. The summed E-state index contributed by atoms with van der Waals surface area (Å²) < 4.78 is 41.9. The molecule has 2 atom stereocenters. The quantitative estimate of drug-likeness (QED) is 0.311. The maximum Gasteiger partial charge on any atom is 0.264 e. The van der Waals surface area contributed by atoms with Gasteiger partial charge in [-0.25, -0.2) is 12.8 Å². The summed E-state index contributed by atoms with van der Waals surface area (Å²) in [4.78, 5) is 28.2. The van der Waals surface area contributed by atoms with Crippen molar-refractivity contribution in [1.82, 2.24) is 10.2 Å². The first-order chi connectivity index (χ1) is 18.4. The molecule has 3 aromatic rings. The molecule has 0 aliphatic heterocycles. The van der Waals surface area contributed by atoms with Crippen molar-refractivity contribution in [3.05, 3.63) is 94.2 Å². The highest BCUT2D eigenvalue weighted by atomic mass is 35.5. The van der Waals surface area contributed by atoms with Crippen LogP contribution in [-0.2, 0) is 26.2 Å². The van der Waals surface area contributed by atoms with Gasteiger partial charge in [-0.3, -0.25) is 13.9 Å². The highest BCUT2D eigenvalue weighted by molar-refractivity contribution is 7.92. The van der Waals surface area contributed by atoms with E-state index >= 15 is 0 Å². The summed E-state index contributed by atoms with van der Waals surface area (Å²) in [5.41, 5.74) is 0.498. The van der Waals surface area contributed by atoms with E-state index in [0.717, 1.165) is 16.4 Å². The number of amides is 2. The Labute approximate surface area is 238 Å². The van der Waals surface area contributed by atoms with Crippen molar-refractivity contribution in [2.75, 3.05) is 10.8 Å². The van der Waals surface area contributed by atoms with Crippen LogP contribution in [0.2, 0.25) is 10.0 Å². The number of carbonyl (C=O) groups excluding carboxylic acids is 2. The molecular weight excluding hydrogens is 564 g/mol. The summed E-state index contributed by atoms with van der Waals surface area (Å²) in [7, 11) is -4.24. The first kappa shape index (κ1) is 30.4. The second-order valence-corrected chi connectivity index (χ2v) is 11.7. The zero-order chi connectivity index (χ0) is 28.7. The second kappa shape index (κ2) is 13.3. The van der Waals surface area contributed by atoms with Crippen LogP contribution in [-0.4, -0.2) is 43.8 Å². The fourth-order valence-electron chi connectivity index (χ4n) is 3.76. The summed E-state index contributed by atoms with van der Waals surface area (Å²) in [6.07, 6.45) is 0.677. The van der Waals surface area contributed by atoms with Gasteiger partial charge in [0.05, 0.1) is 10.6 Å². The van der Waals surface area contributed by atoms with Crippen molar-refractivity contribution in [3.63, 3.8) is 0 Å². The lowest BCUT2D eigenvalue weighted by molar-refractivity contribution is -0.139. The molecule has 0 bridgehead atoms. The number of halogens is 3. The zero-order valence-electron chi connectivity index (χ0n) is 21.8. The van der Waals surface area contributed by atoms with E-state index in [2.05, 4.69) is 5.32 Å². The van der Waals surface area contributed by atoms with Gasteiger partial charge in [-0.05, 0) is 68.8 Å². The van der Waals surface area contributed by atoms with Gasteiger partial charge in [0, 0.05) is 28.2 Å². The van der Waals surface area contributed by atoms with E-state index in [1.165, 1.54) is 29.2 Å². The van der Waals surface area contributed by atoms with E-state index < -0.39 is 40.2 Å². The largest absolute Gasteiger partial charge is 0.352 e. The van der Waals surface area contributed by atoms with Crippen LogP contribution in [0.3, 0.4) is 0 Å². The number of anilines is 1. The SMILES string of the molecule is CCC(C)NC(=O)C(C)N(Cc1c(Cl)cccc1Cl)C(=O)CN(c1ccc(F)cc1)S(=O)(=O)c1ccccc1. The van der Waals surface area contributed by atoms with Gasteiger partial charge in [-0.2, -0.15) is 0 Å². The molecule has 0 fully saturated rings. The van der Waals surface area contributed by atoms with Crippen LogP contribution in [0.4, 0.5) is 10.1 Å². The summed E-state index contributed by atoms with van der Waals surface area (Å²) in [6, 6.07) is 16.1. The van der Waals surface area contributed by atoms with Gasteiger partial charge < -0.3 is 10.2 Å². The minimum absolute atomic E-state index is 0.0506. The van der Waals surface area contributed by atoms with Crippen molar-refractivity contribution in [1.29, 1.82) is 0 Å². The Balaban J connectivity index is 2.05. The maximum atomic E-state index is 13.9. The number of benzene rings is 3. The van der Waals surface area contributed by atoms with E-state index in [4.69, 9.17) is 23.2 Å². The summed E-state index contributed by atoms with van der Waals surface area (Å²) in [5, 5.41) is 3.44. The van der Waals surface area contributed by atoms with Crippen molar-refractivity contribution >= 4 is 50.7 Å². The Morgan fingerprint density at radius 2 is 1.51 bits per heavy atom. The summed E-state index contributed by atoms with van der Waals surface area (Å²) in [6.45, 7) is 4.50. The van der Waals surface area contributed by atoms with Crippen molar-refractivity contribution in [3.8, 4) is 0 Å². The fourth-order valence-corrected chi connectivity index (χ4v) is 5.71.